The smallest absolute Gasteiger partial charge is 0.225 e. The molecule has 26 heavy (non-hydrogen) atoms. The maximum atomic E-state index is 13.2. The number of hydrogen-bond acceptors (Lipinski definition) is 5. The van der Waals surface area contributed by atoms with Gasteiger partial charge in [-0.1, -0.05) is 19.1 Å². The Morgan fingerprint density at radius 1 is 1.19 bits per heavy atom. The minimum absolute atomic E-state index is 0.222. The van der Waals surface area contributed by atoms with Crippen molar-refractivity contribution in [1.29, 1.82) is 0 Å². The van der Waals surface area contributed by atoms with Crippen LogP contribution in [0.1, 0.15) is 31.4 Å². The van der Waals surface area contributed by atoms with Crippen LogP contribution < -0.4 is 4.90 Å². The standard InChI is InChI=1S/C20H25FN4O/c1-20(18(26)15-3-5-16(21)6-4-15)8-7-17-13-24(11-12-25(17)14-20)19-22-9-2-10-23-19/h2-6,9-10,17-18,26H,7-8,11-14H2,1H3/t17?,18?,20-/m0/s1. The van der Waals surface area contributed by atoms with E-state index >= 15 is 0 Å². The van der Waals surface area contributed by atoms with E-state index in [1.165, 1.54) is 12.1 Å². The van der Waals surface area contributed by atoms with Gasteiger partial charge in [-0.25, -0.2) is 14.4 Å². The normalized spacial score (nSPS) is 27.8. The molecular weight excluding hydrogens is 331 g/mol. The van der Waals surface area contributed by atoms with E-state index in [4.69, 9.17) is 0 Å². The van der Waals surface area contributed by atoms with E-state index in [-0.39, 0.29) is 11.2 Å². The third-order valence-corrected chi connectivity index (χ3v) is 5.90. The summed E-state index contributed by atoms with van der Waals surface area (Å²) < 4.78 is 13.2. The van der Waals surface area contributed by atoms with Crippen LogP contribution in [-0.2, 0) is 0 Å². The minimum Gasteiger partial charge on any atom is -0.388 e. The summed E-state index contributed by atoms with van der Waals surface area (Å²) in [4.78, 5) is 13.5. The van der Waals surface area contributed by atoms with Gasteiger partial charge in [-0.3, -0.25) is 4.90 Å². The molecule has 2 aliphatic rings. The van der Waals surface area contributed by atoms with Gasteiger partial charge in [-0.05, 0) is 36.6 Å². The molecule has 0 aliphatic carbocycles. The largest absolute Gasteiger partial charge is 0.388 e. The van der Waals surface area contributed by atoms with Gasteiger partial charge in [0.1, 0.15) is 5.82 Å². The highest BCUT2D eigenvalue weighted by molar-refractivity contribution is 5.30. The number of aliphatic hydroxyl groups excluding tert-OH is 1. The molecule has 2 aromatic rings. The Kier molecular flexibility index (Phi) is 4.63. The topological polar surface area (TPSA) is 52.5 Å². The lowest BCUT2D eigenvalue weighted by molar-refractivity contribution is -0.0442. The number of halogens is 1. The van der Waals surface area contributed by atoms with Gasteiger partial charge in [0, 0.05) is 50.0 Å². The van der Waals surface area contributed by atoms with Gasteiger partial charge in [-0.15, -0.1) is 0 Å². The third-order valence-electron chi connectivity index (χ3n) is 5.90. The highest BCUT2D eigenvalue weighted by atomic mass is 19.1. The number of nitrogens with zero attached hydrogens (tertiary/aromatic N) is 4. The highest BCUT2D eigenvalue weighted by Crippen LogP contribution is 2.43. The Morgan fingerprint density at radius 2 is 1.92 bits per heavy atom. The van der Waals surface area contributed by atoms with Gasteiger partial charge >= 0.3 is 0 Å². The Bertz CT molecular complexity index is 741. The molecule has 0 saturated carbocycles. The van der Waals surface area contributed by atoms with Crippen LogP contribution in [0.15, 0.2) is 42.7 Å². The fourth-order valence-corrected chi connectivity index (χ4v) is 4.32. The minimum atomic E-state index is -0.584. The SMILES string of the molecule is C[C@]1(C(O)c2ccc(F)cc2)CCC2CN(c3ncccn3)CCN2C1. The van der Waals surface area contributed by atoms with Crippen molar-refractivity contribution in [1.82, 2.24) is 14.9 Å². The van der Waals surface area contributed by atoms with Gasteiger partial charge in [0.25, 0.3) is 0 Å². The summed E-state index contributed by atoms with van der Waals surface area (Å²) in [5.74, 6) is 0.529. The first kappa shape index (κ1) is 17.4. The van der Waals surface area contributed by atoms with Gasteiger partial charge in [-0.2, -0.15) is 0 Å². The number of fused-ring (bicyclic) bond motifs is 1. The number of rotatable bonds is 3. The molecule has 0 radical (unpaired) electrons. The van der Waals surface area contributed by atoms with Crippen molar-refractivity contribution in [2.75, 3.05) is 31.1 Å². The van der Waals surface area contributed by atoms with Crippen LogP contribution in [0.4, 0.5) is 10.3 Å². The summed E-state index contributed by atoms with van der Waals surface area (Å²) >= 11 is 0. The quantitative estimate of drug-likeness (QED) is 0.916. The Morgan fingerprint density at radius 3 is 2.65 bits per heavy atom. The number of aliphatic hydroxyl groups is 1. The zero-order valence-electron chi connectivity index (χ0n) is 15.1. The maximum Gasteiger partial charge on any atom is 0.225 e. The van der Waals surface area contributed by atoms with Crippen molar-refractivity contribution in [3.05, 3.63) is 54.1 Å². The third kappa shape index (κ3) is 3.31. The van der Waals surface area contributed by atoms with E-state index in [0.29, 0.717) is 6.04 Å². The maximum absolute atomic E-state index is 13.2. The van der Waals surface area contributed by atoms with Crippen molar-refractivity contribution < 1.29 is 9.50 Å². The molecule has 2 fully saturated rings. The fourth-order valence-electron chi connectivity index (χ4n) is 4.32. The van der Waals surface area contributed by atoms with E-state index in [2.05, 4.69) is 26.7 Å². The molecule has 2 unspecified atom stereocenters. The average molecular weight is 356 g/mol. The summed E-state index contributed by atoms with van der Waals surface area (Å²) in [6.45, 7) is 5.74. The summed E-state index contributed by atoms with van der Waals surface area (Å²) in [6, 6.07) is 8.53. The lowest BCUT2D eigenvalue weighted by atomic mass is 9.72. The van der Waals surface area contributed by atoms with Gasteiger partial charge in [0.15, 0.2) is 0 Å². The molecule has 0 spiro atoms. The summed E-state index contributed by atoms with van der Waals surface area (Å²) in [5, 5.41) is 10.9. The first-order valence-corrected chi connectivity index (χ1v) is 9.25. The lowest BCUT2D eigenvalue weighted by Crippen LogP contribution is -2.59. The van der Waals surface area contributed by atoms with Crippen LogP contribution in [0.3, 0.4) is 0 Å². The van der Waals surface area contributed by atoms with Crippen LogP contribution in [0.2, 0.25) is 0 Å². The number of piperazine rings is 1. The van der Waals surface area contributed by atoms with E-state index in [1.807, 2.05) is 6.07 Å². The molecule has 6 heteroatoms. The van der Waals surface area contributed by atoms with Crippen LogP contribution in [0, 0.1) is 11.2 Å². The molecule has 5 nitrogen and oxygen atoms in total. The van der Waals surface area contributed by atoms with Crippen LogP contribution in [-0.4, -0.2) is 52.2 Å². The molecule has 2 aliphatic heterocycles. The number of hydrogen-bond donors (Lipinski definition) is 1. The lowest BCUT2D eigenvalue weighted by Gasteiger charge is -2.51. The Balaban J connectivity index is 1.44. The van der Waals surface area contributed by atoms with Crippen LogP contribution in [0.25, 0.3) is 0 Å². The van der Waals surface area contributed by atoms with E-state index < -0.39 is 6.10 Å². The molecule has 2 saturated heterocycles. The average Bonchev–Trinajstić information content (AvgIpc) is 2.68. The first-order valence-electron chi connectivity index (χ1n) is 9.25. The van der Waals surface area contributed by atoms with Crippen molar-refractivity contribution in [3.63, 3.8) is 0 Å². The molecule has 1 N–H and O–H groups in total. The molecule has 0 bridgehead atoms. The Hall–Kier alpha value is -2.05. The van der Waals surface area contributed by atoms with Crippen LogP contribution >= 0.6 is 0 Å². The number of piperidine rings is 1. The summed E-state index contributed by atoms with van der Waals surface area (Å²) in [6.07, 6.45) is 4.95. The molecule has 1 aromatic carbocycles. The van der Waals surface area contributed by atoms with E-state index in [0.717, 1.165) is 50.5 Å². The van der Waals surface area contributed by atoms with Crippen LogP contribution in [0.5, 0.6) is 0 Å². The van der Waals surface area contributed by atoms with E-state index in [1.54, 1.807) is 24.5 Å². The summed E-state index contributed by atoms with van der Waals surface area (Å²) in [5.41, 5.74) is 0.573. The number of anilines is 1. The second kappa shape index (κ2) is 6.93. The first-order chi connectivity index (χ1) is 12.5. The van der Waals surface area contributed by atoms with Gasteiger partial charge in [0.2, 0.25) is 5.95 Å². The predicted molar refractivity (Wildman–Crippen MR) is 98.3 cm³/mol. The second-order valence-corrected chi connectivity index (χ2v) is 7.77. The molecule has 0 amide bonds. The number of benzene rings is 1. The second-order valence-electron chi connectivity index (χ2n) is 7.77. The van der Waals surface area contributed by atoms with E-state index in [9.17, 15) is 9.50 Å². The van der Waals surface area contributed by atoms with Crippen molar-refractivity contribution in [3.8, 4) is 0 Å². The molecular formula is C20H25FN4O. The monoisotopic (exact) mass is 356 g/mol. The summed E-state index contributed by atoms with van der Waals surface area (Å²) in [7, 11) is 0. The molecule has 4 rings (SSSR count). The fraction of sp³-hybridized carbons (Fsp3) is 0.500. The number of aromatic nitrogens is 2. The molecule has 3 atom stereocenters. The zero-order valence-corrected chi connectivity index (χ0v) is 15.1. The molecule has 1 aromatic heterocycles. The van der Waals surface area contributed by atoms with Crippen molar-refractivity contribution >= 4 is 5.95 Å². The highest BCUT2D eigenvalue weighted by Gasteiger charge is 2.43. The zero-order chi connectivity index (χ0) is 18.1. The Labute approximate surface area is 153 Å². The van der Waals surface area contributed by atoms with Gasteiger partial charge in [0.05, 0.1) is 6.10 Å². The predicted octanol–water partition coefficient (Wildman–Crippen LogP) is 2.64. The van der Waals surface area contributed by atoms with Crippen molar-refractivity contribution in [2.45, 2.75) is 31.9 Å². The van der Waals surface area contributed by atoms with Gasteiger partial charge < -0.3 is 10.0 Å². The molecule has 3 heterocycles. The molecule has 138 valence electrons. The van der Waals surface area contributed by atoms with Crippen molar-refractivity contribution in [2.24, 2.45) is 5.41 Å².